The van der Waals surface area contributed by atoms with Crippen LogP contribution in [0.1, 0.15) is 29.3 Å². The number of ether oxygens (including phenoxy) is 1. The van der Waals surface area contributed by atoms with Crippen LogP contribution in [0.2, 0.25) is 0 Å². The smallest absolute Gasteiger partial charge is 0.339 e. The van der Waals surface area contributed by atoms with Crippen molar-refractivity contribution < 1.29 is 13.9 Å². The molecule has 2 rings (SSSR count). The van der Waals surface area contributed by atoms with Gasteiger partial charge in [0.05, 0.1) is 5.56 Å². The van der Waals surface area contributed by atoms with E-state index in [0.29, 0.717) is 17.5 Å². The highest BCUT2D eigenvalue weighted by atomic mass is 19.1. The fourth-order valence-electron chi connectivity index (χ4n) is 1.80. The second kappa shape index (κ2) is 3.08. The number of fused-ring (bicyclic) bond motifs is 1. The minimum atomic E-state index is -1.03. The predicted octanol–water partition coefficient (Wildman–Crippen LogP) is 2.43. The van der Waals surface area contributed by atoms with E-state index in [4.69, 9.17) is 4.74 Å². The Kier molecular flexibility index (Phi) is 2.02. The average Bonchev–Trinajstić information content (AvgIpc) is 2.53. The predicted molar refractivity (Wildman–Crippen MR) is 49.8 cm³/mol. The van der Waals surface area contributed by atoms with Gasteiger partial charge in [0, 0.05) is 5.56 Å². The molecule has 1 unspecified atom stereocenters. The first kappa shape index (κ1) is 9.19. The van der Waals surface area contributed by atoms with Crippen molar-refractivity contribution in [1.82, 2.24) is 0 Å². The monoisotopic (exact) mass is 194 g/mol. The Morgan fingerprint density at radius 1 is 1.43 bits per heavy atom. The van der Waals surface area contributed by atoms with Gasteiger partial charge in [0.1, 0.15) is 6.67 Å². The third-order valence-corrected chi connectivity index (χ3v) is 2.71. The summed E-state index contributed by atoms with van der Waals surface area (Å²) in [5, 5.41) is 0. The van der Waals surface area contributed by atoms with Crippen molar-refractivity contribution in [2.75, 3.05) is 6.67 Å². The fourth-order valence-corrected chi connectivity index (χ4v) is 1.80. The van der Waals surface area contributed by atoms with Crippen LogP contribution in [0.15, 0.2) is 24.3 Å². The number of rotatable bonds is 2. The lowest BCUT2D eigenvalue weighted by Gasteiger charge is -2.23. The molecule has 0 fully saturated rings. The lowest BCUT2D eigenvalue weighted by Crippen LogP contribution is -2.27. The molecule has 1 atom stereocenters. The van der Waals surface area contributed by atoms with Crippen LogP contribution in [0, 0.1) is 0 Å². The lowest BCUT2D eigenvalue weighted by molar-refractivity contribution is -0.0232. The Balaban J connectivity index is 2.58. The molecular formula is C11H11FO2. The molecule has 0 aliphatic carbocycles. The molecule has 14 heavy (non-hydrogen) atoms. The van der Waals surface area contributed by atoms with Gasteiger partial charge >= 0.3 is 5.97 Å². The maximum absolute atomic E-state index is 12.9. The normalized spacial score (nSPS) is 24.6. The number of carbonyl (C=O) groups excluding carboxylic acids is 1. The van der Waals surface area contributed by atoms with Crippen LogP contribution in [0.25, 0.3) is 0 Å². The molecule has 0 N–H and O–H groups in total. The second-order valence-corrected chi connectivity index (χ2v) is 3.42. The number of cyclic esters (lactones) is 1. The van der Waals surface area contributed by atoms with Gasteiger partial charge in [-0.3, -0.25) is 0 Å². The van der Waals surface area contributed by atoms with Gasteiger partial charge < -0.3 is 4.74 Å². The molecule has 0 bridgehead atoms. The molecule has 0 aromatic heterocycles. The van der Waals surface area contributed by atoms with Crippen LogP contribution in [-0.4, -0.2) is 12.6 Å². The fraction of sp³-hybridized carbons (Fsp3) is 0.364. The van der Waals surface area contributed by atoms with Gasteiger partial charge in [-0.2, -0.15) is 0 Å². The first-order valence-electron chi connectivity index (χ1n) is 4.62. The average molecular weight is 194 g/mol. The van der Waals surface area contributed by atoms with Crippen LogP contribution < -0.4 is 0 Å². The molecule has 1 aliphatic rings. The third kappa shape index (κ3) is 1.05. The van der Waals surface area contributed by atoms with Crippen LogP contribution in [0.3, 0.4) is 0 Å². The summed E-state index contributed by atoms with van der Waals surface area (Å²) in [7, 11) is 0. The highest BCUT2D eigenvalue weighted by molar-refractivity contribution is 5.94. The number of hydrogen-bond acceptors (Lipinski definition) is 2. The van der Waals surface area contributed by atoms with Gasteiger partial charge in [0.25, 0.3) is 0 Å². The summed E-state index contributed by atoms with van der Waals surface area (Å²) in [6.45, 7) is 1.15. The molecule has 0 amide bonds. The van der Waals surface area contributed by atoms with E-state index in [2.05, 4.69) is 0 Å². The zero-order valence-electron chi connectivity index (χ0n) is 7.92. The Hall–Kier alpha value is -1.38. The zero-order chi connectivity index (χ0) is 10.2. The van der Waals surface area contributed by atoms with E-state index in [1.165, 1.54) is 0 Å². The number of alkyl halides is 1. The highest BCUT2D eigenvalue weighted by Gasteiger charge is 2.44. The molecule has 2 nitrogen and oxygen atoms in total. The van der Waals surface area contributed by atoms with Gasteiger partial charge in [-0.1, -0.05) is 25.1 Å². The maximum atomic E-state index is 12.9. The van der Waals surface area contributed by atoms with Crippen molar-refractivity contribution in [1.29, 1.82) is 0 Å². The topological polar surface area (TPSA) is 26.3 Å². The largest absolute Gasteiger partial charge is 0.448 e. The Bertz CT molecular complexity index is 369. The first-order valence-corrected chi connectivity index (χ1v) is 4.62. The number of halogens is 1. The molecule has 1 aromatic rings. The van der Waals surface area contributed by atoms with E-state index in [9.17, 15) is 9.18 Å². The van der Waals surface area contributed by atoms with Crippen LogP contribution in [-0.2, 0) is 10.3 Å². The Morgan fingerprint density at radius 2 is 2.14 bits per heavy atom. The van der Waals surface area contributed by atoms with Crippen molar-refractivity contribution in [3.63, 3.8) is 0 Å². The second-order valence-electron chi connectivity index (χ2n) is 3.42. The van der Waals surface area contributed by atoms with Gasteiger partial charge in [-0.15, -0.1) is 0 Å². The standard InChI is InChI=1S/C11H11FO2/c1-2-11(7-12)9-6-4-3-5-8(9)10(13)14-11/h3-6H,2,7H2,1H3. The molecule has 0 spiro atoms. The minimum absolute atomic E-state index is 0.417. The van der Waals surface area contributed by atoms with Crippen molar-refractivity contribution in [3.8, 4) is 0 Å². The van der Waals surface area contributed by atoms with Crippen molar-refractivity contribution in [2.24, 2.45) is 0 Å². The molecule has 1 heterocycles. The molecule has 1 aliphatic heterocycles. The van der Waals surface area contributed by atoms with E-state index < -0.39 is 18.2 Å². The van der Waals surface area contributed by atoms with Gasteiger partial charge in [0.15, 0.2) is 5.60 Å². The number of hydrogen-bond donors (Lipinski definition) is 0. The highest BCUT2D eigenvalue weighted by Crippen LogP contribution is 2.39. The van der Waals surface area contributed by atoms with Gasteiger partial charge in [0.2, 0.25) is 0 Å². The summed E-state index contributed by atoms with van der Waals surface area (Å²) >= 11 is 0. The summed E-state index contributed by atoms with van der Waals surface area (Å²) in [4.78, 5) is 11.4. The van der Waals surface area contributed by atoms with E-state index >= 15 is 0 Å². The maximum Gasteiger partial charge on any atom is 0.339 e. The molecule has 74 valence electrons. The van der Waals surface area contributed by atoms with Crippen LogP contribution >= 0.6 is 0 Å². The molecule has 3 heteroatoms. The van der Waals surface area contributed by atoms with Crippen LogP contribution in [0.4, 0.5) is 4.39 Å². The van der Waals surface area contributed by atoms with Gasteiger partial charge in [-0.05, 0) is 12.5 Å². The van der Waals surface area contributed by atoms with Gasteiger partial charge in [-0.25, -0.2) is 9.18 Å². The third-order valence-electron chi connectivity index (χ3n) is 2.71. The summed E-state index contributed by atoms with van der Waals surface area (Å²) in [5.74, 6) is -0.417. The lowest BCUT2D eigenvalue weighted by atomic mass is 9.91. The summed E-state index contributed by atoms with van der Waals surface area (Å²) in [6, 6.07) is 6.97. The van der Waals surface area contributed by atoms with E-state index in [-0.39, 0.29) is 0 Å². The summed E-state index contributed by atoms with van der Waals surface area (Å²) in [6.07, 6.45) is 0.465. The van der Waals surface area contributed by atoms with Crippen LogP contribution in [0.5, 0.6) is 0 Å². The van der Waals surface area contributed by atoms with E-state index in [1.54, 1.807) is 24.3 Å². The SMILES string of the molecule is CCC1(CF)OC(=O)c2ccccc21. The first-order chi connectivity index (χ1) is 6.73. The van der Waals surface area contributed by atoms with Crippen molar-refractivity contribution >= 4 is 5.97 Å². The number of esters is 1. The van der Waals surface area contributed by atoms with Crippen molar-refractivity contribution in [3.05, 3.63) is 35.4 Å². The Labute approximate surface area is 81.7 Å². The quantitative estimate of drug-likeness (QED) is 0.676. The number of benzene rings is 1. The number of carbonyl (C=O) groups is 1. The molecule has 0 radical (unpaired) electrons. The molecule has 0 saturated carbocycles. The van der Waals surface area contributed by atoms with Crippen molar-refractivity contribution in [2.45, 2.75) is 18.9 Å². The summed E-state index contributed by atoms with van der Waals surface area (Å²) < 4.78 is 18.0. The summed E-state index contributed by atoms with van der Waals surface area (Å²) in [5.41, 5.74) is 0.134. The minimum Gasteiger partial charge on any atom is -0.448 e. The zero-order valence-corrected chi connectivity index (χ0v) is 7.92. The van der Waals surface area contributed by atoms with E-state index in [0.717, 1.165) is 0 Å². The van der Waals surface area contributed by atoms with E-state index in [1.807, 2.05) is 6.92 Å². The molecule has 0 saturated heterocycles. The molecular weight excluding hydrogens is 183 g/mol. The Morgan fingerprint density at radius 3 is 2.79 bits per heavy atom. The molecule has 1 aromatic carbocycles.